The Morgan fingerprint density at radius 3 is 1.76 bits per heavy atom. The predicted molar refractivity (Wildman–Crippen MR) is 159 cm³/mol. The Morgan fingerprint density at radius 2 is 1.29 bits per heavy atom. The summed E-state index contributed by atoms with van der Waals surface area (Å²) in [7, 11) is -2.72. The van der Waals surface area contributed by atoms with Gasteiger partial charge in [0.15, 0.2) is 0 Å². The summed E-state index contributed by atoms with van der Waals surface area (Å²) >= 11 is 0. The maximum absolute atomic E-state index is 13.5. The molecule has 0 radical (unpaired) electrons. The summed E-state index contributed by atoms with van der Waals surface area (Å²) in [5.74, 6) is 0. The van der Waals surface area contributed by atoms with Gasteiger partial charge in [-0.05, 0) is 61.0 Å². The molecule has 1 aliphatic heterocycles. The number of piperidine rings is 1. The van der Waals surface area contributed by atoms with Crippen molar-refractivity contribution in [3.05, 3.63) is 96.6 Å². The van der Waals surface area contributed by atoms with Crippen LogP contribution < -0.4 is 10.4 Å². The van der Waals surface area contributed by atoms with Gasteiger partial charge in [0, 0.05) is 12.6 Å². The molecule has 4 rings (SSSR count). The monoisotopic (exact) mass is 529 g/mol. The van der Waals surface area contributed by atoms with Crippen molar-refractivity contribution in [1.82, 2.24) is 4.90 Å². The molecule has 3 aromatic carbocycles. The van der Waals surface area contributed by atoms with Crippen molar-refractivity contribution in [3.63, 3.8) is 0 Å². The standard InChI is InChI=1S/C33H43NO3Si/c1-32(2,3)36-31(35)34-25-28(23-22-27(34)24-26-16-10-7-11-17-26)37-38(33(4,5)6,29-18-12-8-13-19-29)30-20-14-9-15-21-30/h7-21,27-28H,22-25H2,1-6H3/t27-,28+/m1/s1. The van der Waals surface area contributed by atoms with Crippen LogP contribution in [-0.4, -0.2) is 43.6 Å². The van der Waals surface area contributed by atoms with E-state index < -0.39 is 13.9 Å². The summed E-state index contributed by atoms with van der Waals surface area (Å²) in [4.78, 5) is 15.5. The molecule has 3 aromatic rings. The first-order valence-electron chi connectivity index (χ1n) is 13.8. The molecule has 0 saturated carbocycles. The Bertz CT molecular complexity index is 1130. The fraction of sp³-hybridized carbons (Fsp3) is 0.424. The highest BCUT2D eigenvalue weighted by Gasteiger charge is 2.52. The first-order chi connectivity index (χ1) is 18.0. The molecular weight excluding hydrogens is 486 g/mol. The first-order valence-corrected chi connectivity index (χ1v) is 15.7. The van der Waals surface area contributed by atoms with E-state index >= 15 is 0 Å². The van der Waals surface area contributed by atoms with E-state index in [0.29, 0.717) is 6.54 Å². The highest BCUT2D eigenvalue weighted by atomic mass is 28.4. The summed E-state index contributed by atoms with van der Waals surface area (Å²) in [6, 6.07) is 31.9. The van der Waals surface area contributed by atoms with Gasteiger partial charge in [0.25, 0.3) is 8.32 Å². The number of hydrogen-bond donors (Lipinski definition) is 0. The molecule has 0 aliphatic carbocycles. The fourth-order valence-electron chi connectivity index (χ4n) is 5.67. The van der Waals surface area contributed by atoms with E-state index in [0.717, 1.165) is 19.3 Å². The molecule has 1 amide bonds. The number of likely N-dealkylation sites (tertiary alicyclic amines) is 1. The third kappa shape index (κ3) is 6.39. The number of hydrogen-bond acceptors (Lipinski definition) is 3. The average Bonchev–Trinajstić information content (AvgIpc) is 2.88. The molecule has 1 aliphatic rings. The van der Waals surface area contributed by atoms with Crippen LogP contribution in [0.2, 0.25) is 5.04 Å². The number of rotatable bonds is 6. The molecule has 0 N–H and O–H groups in total. The zero-order valence-electron chi connectivity index (χ0n) is 23.8. The van der Waals surface area contributed by atoms with Crippen molar-refractivity contribution in [3.8, 4) is 0 Å². The molecule has 5 heteroatoms. The fourth-order valence-corrected chi connectivity index (χ4v) is 10.4. The van der Waals surface area contributed by atoms with Gasteiger partial charge in [-0.3, -0.25) is 0 Å². The topological polar surface area (TPSA) is 38.8 Å². The number of ether oxygens (including phenoxy) is 1. The maximum atomic E-state index is 13.5. The van der Waals surface area contributed by atoms with E-state index in [-0.39, 0.29) is 23.3 Å². The normalized spacial score (nSPS) is 18.7. The van der Waals surface area contributed by atoms with Crippen LogP contribution in [0.15, 0.2) is 91.0 Å². The summed E-state index contributed by atoms with van der Waals surface area (Å²) < 4.78 is 13.3. The third-order valence-corrected chi connectivity index (χ3v) is 12.5. The summed E-state index contributed by atoms with van der Waals surface area (Å²) in [5, 5.41) is 2.40. The lowest BCUT2D eigenvalue weighted by Gasteiger charge is -2.48. The Labute approximate surface area is 230 Å². The zero-order valence-corrected chi connectivity index (χ0v) is 24.8. The number of carbonyl (C=O) groups excluding carboxylic acids is 1. The Kier molecular flexibility index (Phi) is 8.48. The highest BCUT2D eigenvalue weighted by molar-refractivity contribution is 6.99. The van der Waals surface area contributed by atoms with Crippen LogP contribution in [0.3, 0.4) is 0 Å². The molecule has 1 heterocycles. The quantitative estimate of drug-likeness (QED) is 0.339. The van der Waals surface area contributed by atoms with Crippen LogP contribution in [0.5, 0.6) is 0 Å². The molecular formula is C33H43NO3Si. The summed E-state index contributed by atoms with van der Waals surface area (Å²) in [5.41, 5.74) is 0.678. The van der Waals surface area contributed by atoms with Crippen molar-refractivity contribution < 1.29 is 14.0 Å². The van der Waals surface area contributed by atoms with Crippen LogP contribution in [0.25, 0.3) is 0 Å². The molecule has 0 unspecified atom stereocenters. The van der Waals surface area contributed by atoms with Gasteiger partial charge in [-0.1, -0.05) is 112 Å². The van der Waals surface area contributed by atoms with E-state index in [1.165, 1.54) is 15.9 Å². The van der Waals surface area contributed by atoms with Gasteiger partial charge in [0.1, 0.15) is 5.60 Å². The van der Waals surface area contributed by atoms with Crippen LogP contribution >= 0.6 is 0 Å². The SMILES string of the molecule is CC(C)(C)OC(=O)N1C[C@@H](O[Si](c2ccccc2)(c2ccccc2)C(C)(C)C)CC[C@@H]1Cc1ccccc1. The summed E-state index contributed by atoms with van der Waals surface area (Å²) in [6.07, 6.45) is 2.25. The molecule has 202 valence electrons. The molecule has 2 atom stereocenters. The van der Waals surface area contributed by atoms with Crippen molar-refractivity contribution in [2.24, 2.45) is 0 Å². The zero-order chi connectivity index (χ0) is 27.4. The number of benzene rings is 3. The smallest absolute Gasteiger partial charge is 0.410 e. The van der Waals surface area contributed by atoms with Gasteiger partial charge in [-0.2, -0.15) is 0 Å². The van der Waals surface area contributed by atoms with Crippen LogP contribution in [0, 0.1) is 0 Å². The van der Waals surface area contributed by atoms with Crippen molar-refractivity contribution >= 4 is 24.8 Å². The van der Waals surface area contributed by atoms with Crippen LogP contribution in [0.1, 0.15) is 59.9 Å². The Hall–Kier alpha value is -2.89. The minimum Gasteiger partial charge on any atom is -0.444 e. The van der Waals surface area contributed by atoms with Gasteiger partial charge >= 0.3 is 6.09 Å². The lowest BCUT2D eigenvalue weighted by atomic mass is 9.95. The van der Waals surface area contributed by atoms with E-state index in [2.05, 4.69) is 106 Å². The van der Waals surface area contributed by atoms with Crippen LogP contribution in [-0.2, 0) is 15.6 Å². The molecule has 1 fully saturated rings. The van der Waals surface area contributed by atoms with Crippen molar-refractivity contribution in [1.29, 1.82) is 0 Å². The van der Waals surface area contributed by atoms with Crippen molar-refractivity contribution in [2.75, 3.05) is 6.54 Å². The van der Waals surface area contributed by atoms with E-state index in [1.807, 2.05) is 31.7 Å². The van der Waals surface area contributed by atoms with Gasteiger partial charge in [0.05, 0.1) is 6.10 Å². The predicted octanol–water partition coefficient (Wildman–Crippen LogP) is 6.57. The van der Waals surface area contributed by atoms with Crippen molar-refractivity contribution in [2.45, 2.75) is 83.6 Å². The second kappa shape index (κ2) is 11.5. The number of nitrogens with zero attached hydrogens (tertiary/aromatic N) is 1. The second-order valence-electron chi connectivity index (χ2n) is 12.5. The molecule has 1 saturated heterocycles. The third-order valence-electron chi connectivity index (χ3n) is 7.37. The Balaban J connectivity index is 1.69. The highest BCUT2D eigenvalue weighted by Crippen LogP contribution is 2.39. The first kappa shape index (κ1) is 28.1. The lowest BCUT2D eigenvalue weighted by Crippen LogP contribution is -2.69. The molecule has 0 aromatic heterocycles. The van der Waals surface area contributed by atoms with Gasteiger partial charge in [-0.25, -0.2) is 4.79 Å². The van der Waals surface area contributed by atoms with Gasteiger partial charge < -0.3 is 14.1 Å². The second-order valence-corrected chi connectivity index (χ2v) is 16.7. The largest absolute Gasteiger partial charge is 0.444 e. The maximum Gasteiger partial charge on any atom is 0.410 e. The molecule has 38 heavy (non-hydrogen) atoms. The van der Waals surface area contributed by atoms with E-state index in [4.69, 9.17) is 9.16 Å². The summed E-state index contributed by atoms with van der Waals surface area (Å²) in [6.45, 7) is 13.2. The average molecular weight is 530 g/mol. The van der Waals surface area contributed by atoms with E-state index in [9.17, 15) is 4.79 Å². The molecule has 4 nitrogen and oxygen atoms in total. The molecule has 0 bridgehead atoms. The van der Waals surface area contributed by atoms with Gasteiger partial charge in [-0.15, -0.1) is 0 Å². The number of carbonyl (C=O) groups is 1. The molecule has 0 spiro atoms. The van der Waals surface area contributed by atoms with Gasteiger partial charge in [0.2, 0.25) is 0 Å². The Morgan fingerprint density at radius 1 is 0.789 bits per heavy atom. The number of amides is 1. The minimum atomic E-state index is -2.72. The van der Waals surface area contributed by atoms with Crippen LogP contribution in [0.4, 0.5) is 4.79 Å². The lowest BCUT2D eigenvalue weighted by molar-refractivity contribution is -0.00964. The van der Waals surface area contributed by atoms with E-state index in [1.54, 1.807) is 0 Å². The minimum absolute atomic E-state index is 0.0752.